The Labute approximate surface area is 148 Å². The summed E-state index contributed by atoms with van der Waals surface area (Å²) in [6, 6.07) is 33.6. The first-order valence-electron chi connectivity index (χ1n) is 8.44. The van der Waals surface area contributed by atoms with E-state index in [2.05, 4.69) is 115 Å². The summed E-state index contributed by atoms with van der Waals surface area (Å²) in [5.41, 5.74) is 0. The van der Waals surface area contributed by atoms with Gasteiger partial charge in [-0.3, -0.25) is 0 Å². The molecular formula is C23H20Pb. The topological polar surface area (TPSA) is 0 Å². The van der Waals surface area contributed by atoms with Gasteiger partial charge in [-0.2, -0.15) is 0 Å². The van der Waals surface area contributed by atoms with Crippen LogP contribution in [0.15, 0.2) is 115 Å². The van der Waals surface area contributed by atoms with E-state index in [9.17, 15) is 0 Å². The van der Waals surface area contributed by atoms with Crippen LogP contribution in [0.2, 0.25) is 3.48 Å². The normalized spacial score (nSPS) is 14.2. The molecule has 0 saturated heterocycles. The Balaban J connectivity index is 2.07. The third-order valence-corrected chi connectivity index (χ3v) is 24.8. The van der Waals surface area contributed by atoms with Gasteiger partial charge in [-0.25, -0.2) is 0 Å². The maximum atomic E-state index is 2.41. The van der Waals surface area contributed by atoms with Crippen LogP contribution in [0.5, 0.6) is 0 Å². The monoisotopic (exact) mass is 504 g/mol. The van der Waals surface area contributed by atoms with Gasteiger partial charge < -0.3 is 0 Å². The molecule has 0 fully saturated rings. The molecule has 0 aromatic heterocycles. The zero-order valence-corrected chi connectivity index (χ0v) is 17.4. The Morgan fingerprint density at radius 3 is 1.12 bits per heavy atom. The van der Waals surface area contributed by atoms with Gasteiger partial charge in [0.05, 0.1) is 0 Å². The predicted octanol–water partition coefficient (Wildman–Crippen LogP) is 3.65. The van der Waals surface area contributed by atoms with E-state index in [0.717, 1.165) is 0 Å². The fraction of sp³-hybridized carbons (Fsp3) is 0.0435. The predicted molar refractivity (Wildman–Crippen MR) is 106 cm³/mol. The Morgan fingerprint density at radius 2 is 0.792 bits per heavy atom. The third-order valence-electron chi connectivity index (χ3n) is 4.94. The second-order valence-electron chi connectivity index (χ2n) is 6.20. The van der Waals surface area contributed by atoms with E-state index in [-0.39, 0.29) is 0 Å². The van der Waals surface area contributed by atoms with Crippen LogP contribution in [0.4, 0.5) is 0 Å². The van der Waals surface area contributed by atoms with Crippen LogP contribution < -0.4 is 9.37 Å². The van der Waals surface area contributed by atoms with Crippen molar-refractivity contribution < 1.29 is 0 Å². The van der Waals surface area contributed by atoms with Crippen LogP contribution in [-0.2, 0) is 0 Å². The van der Waals surface area contributed by atoms with Crippen molar-refractivity contribution in [2.24, 2.45) is 0 Å². The van der Waals surface area contributed by atoms with Crippen molar-refractivity contribution in [3.8, 4) is 0 Å². The summed E-state index contributed by atoms with van der Waals surface area (Å²) in [5, 5.41) is 0. The van der Waals surface area contributed by atoms with Crippen molar-refractivity contribution in [3.63, 3.8) is 0 Å². The van der Waals surface area contributed by atoms with Gasteiger partial charge in [-0.1, -0.05) is 0 Å². The summed E-state index contributed by atoms with van der Waals surface area (Å²) in [6.45, 7) is 0. The second-order valence-corrected chi connectivity index (χ2v) is 21.8. The molecule has 0 atom stereocenters. The summed E-state index contributed by atoms with van der Waals surface area (Å²) in [5.74, 6) is 0. The molecule has 0 unspecified atom stereocenters. The standard InChI is InChI=1S/3C6H5.C5H5.Pb/c3*1-2-4-6-5-3-1;1-2-4-5-3-1;/h3*1-5H;1-5H;. The zero-order valence-electron chi connectivity index (χ0n) is 13.5. The molecule has 3 aromatic carbocycles. The molecule has 1 heteroatoms. The Hall–Kier alpha value is -1.94. The number of rotatable bonds is 4. The van der Waals surface area contributed by atoms with Crippen LogP contribution in [0.1, 0.15) is 0 Å². The van der Waals surface area contributed by atoms with Crippen molar-refractivity contribution in [1.82, 2.24) is 0 Å². The van der Waals surface area contributed by atoms with Crippen LogP contribution in [0.3, 0.4) is 0 Å². The van der Waals surface area contributed by atoms with Crippen molar-refractivity contribution in [2.75, 3.05) is 0 Å². The molecule has 116 valence electrons. The summed E-state index contributed by atoms with van der Waals surface area (Å²) in [7, 11) is 0. The van der Waals surface area contributed by atoms with Crippen LogP contribution in [0, 0.1) is 0 Å². The first-order valence-corrected chi connectivity index (χ1v) is 16.5. The third kappa shape index (κ3) is 2.59. The van der Waals surface area contributed by atoms with Crippen molar-refractivity contribution in [2.45, 2.75) is 3.48 Å². The maximum absolute atomic E-state index is 3.33. The van der Waals surface area contributed by atoms with Crippen molar-refractivity contribution >= 4 is 30.5 Å². The summed E-state index contributed by atoms with van der Waals surface area (Å²) < 4.78 is 5.15. The second kappa shape index (κ2) is 6.90. The SMILES string of the molecule is C1=C[CH]([Pb]([c]2ccccc2)([c]2ccccc2)[c]2ccccc2)C=C1. The minimum absolute atomic E-state index is 0.518. The van der Waals surface area contributed by atoms with E-state index in [1.165, 1.54) is 0 Å². The molecule has 0 N–H and O–H groups in total. The molecule has 3 aromatic rings. The molecule has 0 amide bonds. The van der Waals surface area contributed by atoms with E-state index in [4.69, 9.17) is 0 Å². The van der Waals surface area contributed by atoms with E-state index < -0.39 is 21.2 Å². The van der Waals surface area contributed by atoms with Crippen molar-refractivity contribution in [3.05, 3.63) is 115 Å². The number of hydrogen-bond acceptors (Lipinski definition) is 0. The quantitative estimate of drug-likeness (QED) is 0.477. The molecule has 4 rings (SSSR count). The van der Waals surface area contributed by atoms with Gasteiger partial charge in [0, 0.05) is 0 Å². The molecule has 0 radical (unpaired) electrons. The number of allylic oxidation sites excluding steroid dienone is 4. The molecular weight excluding hydrogens is 483 g/mol. The first kappa shape index (κ1) is 15.6. The summed E-state index contributed by atoms with van der Waals surface area (Å²) >= 11 is -3.33. The molecule has 0 aliphatic heterocycles. The van der Waals surface area contributed by atoms with E-state index >= 15 is 0 Å². The molecule has 24 heavy (non-hydrogen) atoms. The van der Waals surface area contributed by atoms with Gasteiger partial charge in [0.15, 0.2) is 0 Å². The van der Waals surface area contributed by atoms with E-state index in [1.807, 2.05) is 0 Å². The molecule has 0 nitrogen and oxygen atoms in total. The van der Waals surface area contributed by atoms with Gasteiger partial charge in [-0.05, 0) is 0 Å². The minimum atomic E-state index is -3.33. The molecule has 0 saturated carbocycles. The van der Waals surface area contributed by atoms with Gasteiger partial charge in [0.25, 0.3) is 0 Å². The summed E-state index contributed by atoms with van der Waals surface area (Å²) in [4.78, 5) is 0. The van der Waals surface area contributed by atoms with E-state index in [1.54, 1.807) is 9.37 Å². The fourth-order valence-corrected chi connectivity index (χ4v) is 23.8. The van der Waals surface area contributed by atoms with Gasteiger partial charge >= 0.3 is 149 Å². The van der Waals surface area contributed by atoms with Gasteiger partial charge in [0.1, 0.15) is 0 Å². The van der Waals surface area contributed by atoms with Crippen LogP contribution in [0.25, 0.3) is 0 Å². The molecule has 1 aliphatic rings. The molecule has 0 heterocycles. The van der Waals surface area contributed by atoms with Gasteiger partial charge in [-0.15, -0.1) is 0 Å². The molecule has 0 bridgehead atoms. The first-order chi connectivity index (χ1) is 11.9. The molecule has 1 aliphatic carbocycles. The fourth-order valence-electron chi connectivity index (χ4n) is 3.90. The van der Waals surface area contributed by atoms with Crippen molar-refractivity contribution in [1.29, 1.82) is 0 Å². The number of benzene rings is 3. The average molecular weight is 504 g/mol. The van der Waals surface area contributed by atoms with Crippen LogP contribution in [-0.4, -0.2) is 21.2 Å². The summed E-state index contributed by atoms with van der Waals surface area (Å²) in [6.07, 6.45) is 9.26. The van der Waals surface area contributed by atoms with E-state index in [0.29, 0.717) is 3.48 Å². The Kier molecular flexibility index (Phi) is 4.48. The zero-order chi connectivity index (χ0) is 16.2. The molecule has 0 spiro atoms. The van der Waals surface area contributed by atoms with Crippen LogP contribution >= 0.6 is 0 Å². The Morgan fingerprint density at radius 1 is 0.458 bits per heavy atom. The Bertz CT molecular complexity index is 740. The average Bonchev–Trinajstić information content (AvgIpc) is 3.20. The van der Waals surface area contributed by atoms with Gasteiger partial charge in [0.2, 0.25) is 0 Å². The number of hydrogen-bond donors (Lipinski definition) is 0.